The first-order chi connectivity index (χ1) is 10.7. The Morgan fingerprint density at radius 1 is 0.909 bits per heavy atom. The van der Waals surface area contributed by atoms with E-state index in [4.69, 9.17) is 9.47 Å². The molecule has 0 bridgehead atoms. The molecule has 0 aliphatic heterocycles. The van der Waals surface area contributed by atoms with Gasteiger partial charge < -0.3 is 14.0 Å². The number of nitrogens with zero attached hydrogens (tertiary/aromatic N) is 1. The first-order valence-electron chi connectivity index (χ1n) is 6.97. The Morgan fingerprint density at radius 2 is 1.55 bits per heavy atom. The van der Waals surface area contributed by atoms with Crippen molar-refractivity contribution in [1.82, 2.24) is 4.57 Å². The van der Waals surface area contributed by atoms with Gasteiger partial charge in [-0.15, -0.1) is 0 Å². The summed E-state index contributed by atoms with van der Waals surface area (Å²) in [6, 6.07) is 15.2. The minimum Gasteiger partial charge on any atom is -0.493 e. The van der Waals surface area contributed by atoms with Crippen LogP contribution in [0.1, 0.15) is 0 Å². The number of benzene rings is 2. The summed E-state index contributed by atoms with van der Waals surface area (Å²) in [5.74, 6) is 1.26. The van der Waals surface area contributed by atoms with Crippen molar-refractivity contribution in [1.29, 1.82) is 0 Å². The molecule has 2 aromatic carbocycles. The zero-order chi connectivity index (χ0) is 15.7. The normalized spacial score (nSPS) is 10.7. The molecule has 3 aromatic rings. The van der Waals surface area contributed by atoms with Crippen LogP contribution < -0.4 is 15.0 Å². The van der Waals surface area contributed by atoms with E-state index in [-0.39, 0.29) is 5.56 Å². The molecule has 0 saturated carbocycles. The molecule has 0 saturated heterocycles. The van der Waals surface area contributed by atoms with Crippen molar-refractivity contribution >= 4 is 10.8 Å². The van der Waals surface area contributed by atoms with Crippen LogP contribution >= 0.6 is 0 Å². The molecule has 22 heavy (non-hydrogen) atoms. The molecule has 0 spiro atoms. The molecule has 0 amide bonds. The second kappa shape index (κ2) is 5.56. The summed E-state index contributed by atoms with van der Waals surface area (Å²) in [7, 11) is 4.97. The molecule has 0 fully saturated rings. The summed E-state index contributed by atoms with van der Waals surface area (Å²) in [4.78, 5) is 12.3. The van der Waals surface area contributed by atoms with Gasteiger partial charge in [0.15, 0.2) is 11.5 Å². The third-order valence-corrected chi connectivity index (χ3v) is 3.80. The zero-order valence-electron chi connectivity index (χ0n) is 12.8. The third kappa shape index (κ3) is 2.22. The number of methoxy groups -OCH3 is 2. The molecule has 0 unspecified atom stereocenters. The first-order valence-corrected chi connectivity index (χ1v) is 6.97. The van der Waals surface area contributed by atoms with Crippen molar-refractivity contribution in [2.75, 3.05) is 14.2 Å². The molecule has 112 valence electrons. The molecule has 0 N–H and O–H groups in total. The summed E-state index contributed by atoms with van der Waals surface area (Å²) in [6.07, 6.45) is 0. The summed E-state index contributed by atoms with van der Waals surface area (Å²) in [5.41, 5.74) is 1.79. The summed E-state index contributed by atoms with van der Waals surface area (Å²) in [6.45, 7) is 0. The van der Waals surface area contributed by atoms with Crippen LogP contribution in [-0.4, -0.2) is 18.8 Å². The van der Waals surface area contributed by atoms with Gasteiger partial charge >= 0.3 is 0 Å². The molecular weight excluding hydrogens is 278 g/mol. The highest BCUT2D eigenvalue weighted by Crippen LogP contribution is 2.35. The van der Waals surface area contributed by atoms with Gasteiger partial charge in [-0.05, 0) is 23.1 Å². The molecule has 0 aliphatic rings. The van der Waals surface area contributed by atoms with E-state index in [0.717, 1.165) is 22.0 Å². The van der Waals surface area contributed by atoms with Crippen LogP contribution in [0, 0.1) is 0 Å². The van der Waals surface area contributed by atoms with Crippen LogP contribution in [-0.2, 0) is 7.05 Å². The van der Waals surface area contributed by atoms with Gasteiger partial charge in [-0.25, -0.2) is 0 Å². The lowest BCUT2D eigenvalue weighted by Crippen LogP contribution is -2.17. The lowest BCUT2D eigenvalue weighted by Gasteiger charge is -2.15. The SMILES string of the molecule is COc1cc2cc(=O)n(C)c(-c3ccccc3)c2cc1OC. The van der Waals surface area contributed by atoms with Gasteiger partial charge in [0, 0.05) is 18.5 Å². The number of pyridine rings is 1. The van der Waals surface area contributed by atoms with Crippen LogP contribution in [0.5, 0.6) is 11.5 Å². The Hall–Kier alpha value is -2.75. The van der Waals surface area contributed by atoms with Gasteiger partial charge in [0.1, 0.15) is 0 Å². The van der Waals surface area contributed by atoms with Crippen molar-refractivity contribution in [3.63, 3.8) is 0 Å². The van der Waals surface area contributed by atoms with E-state index in [1.165, 1.54) is 0 Å². The number of hydrogen-bond donors (Lipinski definition) is 0. The van der Waals surface area contributed by atoms with Crippen LogP contribution in [0.25, 0.3) is 22.0 Å². The molecule has 0 radical (unpaired) electrons. The molecule has 1 aromatic heterocycles. The average molecular weight is 295 g/mol. The van der Waals surface area contributed by atoms with E-state index in [2.05, 4.69) is 0 Å². The van der Waals surface area contributed by atoms with Crippen molar-refractivity contribution < 1.29 is 9.47 Å². The van der Waals surface area contributed by atoms with Gasteiger partial charge in [-0.3, -0.25) is 4.79 Å². The maximum Gasteiger partial charge on any atom is 0.251 e. The summed E-state index contributed by atoms with van der Waals surface area (Å²) < 4.78 is 12.4. The van der Waals surface area contributed by atoms with Crippen LogP contribution in [0.2, 0.25) is 0 Å². The second-order valence-corrected chi connectivity index (χ2v) is 5.05. The van der Waals surface area contributed by atoms with Gasteiger partial charge in [-0.2, -0.15) is 0 Å². The largest absolute Gasteiger partial charge is 0.493 e. The molecule has 3 rings (SSSR count). The topological polar surface area (TPSA) is 40.5 Å². The Balaban J connectivity index is 2.44. The van der Waals surface area contributed by atoms with Crippen molar-refractivity contribution in [3.05, 3.63) is 58.9 Å². The number of hydrogen-bond acceptors (Lipinski definition) is 3. The van der Waals surface area contributed by atoms with Gasteiger partial charge in [0.2, 0.25) is 0 Å². The minimum absolute atomic E-state index is 0.0569. The Kier molecular flexibility index (Phi) is 3.59. The van der Waals surface area contributed by atoms with Crippen molar-refractivity contribution in [3.8, 4) is 22.8 Å². The molecular formula is C18H17NO3. The predicted molar refractivity (Wildman–Crippen MR) is 87.7 cm³/mol. The summed E-state index contributed by atoms with van der Waals surface area (Å²) in [5, 5.41) is 1.78. The zero-order valence-corrected chi connectivity index (χ0v) is 12.8. The van der Waals surface area contributed by atoms with E-state index >= 15 is 0 Å². The van der Waals surface area contributed by atoms with Gasteiger partial charge in [0.05, 0.1) is 19.9 Å². The lowest BCUT2D eigenvalue weighted by atomic mass is 10.0. The van der Waals surface area contributed by atoms with E-state index < -0.39 is 0 Å². The Labute approximate surface area is 128 Å². The maximum absolute atomic E-state index is 12.3. The number of aromatic nitrogens is 1. The fourth-order valence-electron chi connectivity index (χ4n) is 2.69. The molecule has 0 atom stereocenters. The molecule has 1 heterocycles. The molecule has 0 aliphatic carbocycles. The minimum atomic E-state index is -0.0569. The van der Waals surface area contributed by atoms with Crippen LogP contribution in [0.15, 0.2) is 53.3 Å². The highest BCUT2D eigenvalue weighted by atomic mass is 16.5. The standard InChI is InChI=1S/C18H17NO3/c1-19-17(20)10-13-9-15(21-2)16(22-3)11-14(13)18(19)12-7-5-4-6-8-12/h4-11H,1-3H3. The number of fused-ring (bicyclic) bond motifs is 1. The molecule has 4 heteroatoms. The quantitative estimate of drug-likeness (QED) is 0.745. The van der Waals surface area contributed by atoms with Crippen molar-refractivity contribution in [2.45, 2.75) is 0 Å². The third-order valence-electron chi connectivity index (χ3n) is 3.80. The smallest absolute Gasteiger partial charge is 0.251 e. The van der Waals surface area contributed by atoms with Crippen LogP contribution in [0.3, 0.4) is 0 Å². The van der Waals surface area contributed by atoms with Gasteiger partial charge in [-0.1, -0.05) is 30.3 Å². The van der Waals surface area contributed by atoms with E-state index in [1.807, 2.05) is 42.5 Å². The van der Waals surface area contributed by atoms with E-state index in [1.54, 1.807) is 31.9 Å². The Bertz CT molecular complexity index is 882. The number of rotatable bonds is 3. The monoisotopic (exact) mass is 295 g/mol. The second-order valence-electron chi connectivity index (χ2n) is 5.05. The van der Waals surface area contributed by atoms with E-state index in [0.29, 0.717) is 11.5 Å². The average Bonchev–Trinajstić information content (AvgIpc) is 2.55. The predicted octanol–water partition coefficient (Wildman–Crippen LogP) is 3.22. The Morgan fingerprint density at radius 3 is 2.18 bits per heavy atom. The fraction of sp³-hybridized carbons (Fsp3) is 0.167. The van der Waals surface area contributed by atoms with Crippen molar-refractivity contribution in [2.24, 2.45) is 7.05 Å². The highest BCUT2D eigenvalue weighted by molar-refractivity contribution is 5.96. The maximum atomic E-state index is 12.3. The summed E-state index contributed by atoms with van der Waals surface area (Å²) >= 11 is 0. The lowest BCUT2D eigenvalue weighted by molar-refractivity contribution is 0.356. The van der Waals surface area contributed by atoms with E-state index in [9.17, 15) is 4.79 Å². The molecule has 4 nitrogen and oxygen atoms in total. The van der Waals surface area contributed by atoms with Gasteiger partial charge in [0.25, 0.3) is 5.56 Å². The van der Waals surface area contributed by atoms with Crippen LogP contribution in [0.4, 0.5) is 0 Å². The fourth-order valence-corrected chi connectivity index (χ4v) is 2.69. The first kappa shape index (κ1) is 14.2. The number of ether oxygens (including phenoxy) is 2. The highest BCUT2D eigenvalue weighted by Gasteiger charge is 2.13.